The Morgan fingerprint density at radius 1 is 0.967 bits per heavy atom. The minimum absolute atomic E-state index is 0.0339. The maximum Gasteiger partial charge on any atom is 0.339 e. The average Bonchev–Trinajstić information content (AvgIpc) is 2.77. The molecule has 0 unspecified atom stereocenters. The summed E-state index contributed by atoms with van der Waals surface area (Å²) in [6.45, 7) is 0. The third-order valence-electron chi connectivity index (χ3n) is 4.32. The van der Waals surface area contributed by atoms with E-state index in [9.17, 15) is 19.7 Å². The molecule has 1 atom stereocenters. The quantitative estimate of drug-likeness (QED) is 0.205. The lowest BCUT2D eigenvalue weighted by Gasteiger charge is -2.18. The van der Waals surface area contributed by atoms with Crippen LogP contribution in [0, 0.1) is 10.1 Å². The van der Waals surface area contributed by atoms with Crippen LogP contribution < -0.4 is 4.74 Å². The van der Waals surface area contributed by atoms with Gasteiger partial charge < -0.3 is 9.47 Å². The van der Waals surface area contributed by atoms with Crippen LogP contribution in [0.15, 0.2) is 77.3 Å². The number of benzene rings is 3. The van der Waals surface area contributed by atoms with Crippen molar-refractivity contribution in [2.45, 2.75) is 6.10 Å². The first-order valence-electron chi connectivity index (χ1n) is 8.79. The molecule has 30 heavy (non-hydrogen) atoms. The zero-order valence-corrected chi connectivity index (χ0v) is 17.4. The molecule has 7 nitrogen and oxygen atoms in total. The van der Waals surface area contributed by atoms with Crippen molar-refractivity contribution in [2.75, 3.05) is 7.11 Å². The zero-order valence-electron chi connectivity index (χ0n) is 15.8. The van der Waals surface area contributed by atoms with Gasteiger partial charge in [-0.05, 0) is 52.3 Å². The van der Waals surface area contributed by atoms with Crippen molar-refractivity contribution in [3.63, 3.8) is 0 Å². The van der Waals surface area contributed by atoms with Gasteiger partial charge in [0.15, 0.2) is 6.10 Å². The third kappa shape index (κ3) is 4.72. The lowest BCUT2D eigenvalue weighted by molar-refractivity contribution is -0.385. The Morgan fingerprint density at radius 3 is 2.20 bits per heavy atom. The zero-order chi connectivity index (χ0) is 21.7. The second-order valence-electron chi connectivity index (χ2n) is 6.21. The van der Waals surface area contributed by atoms with Crippen LogP contribution in [0.2, 0.25) is 0 Å². The number of ether oxygens (including phenoxy) is 2. The summed E-state index contributed by atoms with van der Waals surface area (Å²) in [5.74, 6) is -0.688. The molecule has 0 aliphatic heterocycles. The van der Waals surface area contributed by atoms with Crippen molar-refractivity contribution < 1.29 is 24.0 Å². The number of carbonyl (C=O) groups is 2. The summed E-state index contributed by atoms with van der Waals surface area (Å²) in [6.07, 6.45) is -1.21. The topological polar surface area (TPSA) is 95.7 Å². The molecule has 0 aliphatic carbocycles. The van der Waals surface area contributed by atoms with E-state index in [1.54, 1.807) is 54.6 Å². The van der Waals surface area contributed by atoms with E-state index in [1.807, 2.05) is 0 Å². The van der Waals surface area contributed by atoms with Gasteiger partial charge in [-0.25, -0.2) is 4.79 Å². The molecule has 0 bridgehead atoms. The van der Waals surface area contributed by atoms with E-state index in [0.717, 1.165) is 6.07 Å². The number of rotatable bonds is 7. The largest absolute Gasteiger partial charge is 0.497 e. The molecule has 8 heteroatoms. The molecule has 0 aliphatic rings. The Kier molecular flexibility index (Phi) is 6.58. The molecule has 0 N–H and O–H groups in total. The average molecular weight is 470 g/mol. The van der Waals surface area contributed by atoms with Crippen LogP contribution >= 0.6 is 15.9 Å². The van der Waals surface area contributed by atoms with Gasteiger partial charge in [0.25, 0.3) is 5.69 Å². The maximum atomic E-state index is 13.1. The Morgan fingerprint density at radius 2 is 1.60 bits per heavy atom. The fourth-order valence-corrected chi connectivity index (χ4v) is 3.15. The number of nitrogens with zero attached hydrogens (tertiary/aromatic N) is 1. The van der Waals surface area contributed by atoms with Gasteiger partial charge in [-0.2, -0.15) is 0 Å². The summed E-state index contributed by atoms with van der Waals surface area (Å²) in [5, 5.41) is 11.1. The van der Waals surface area contributed by atoms with Crippen molar-refractivity contribution in [3.05, 3.63) is 104 Å². The lowest BCUT2D eigenvalue weighted by atomic mass is 9.99. The SMILES string of the molecule is COc1ccc(C(=O)[C@H](OC(=O)c2ccc(Br)c([N+](=O)[O-])c2)c2ccccc2)cc1. The lowest BCUT2D eigenvalue weighted by Crippen LogP contribution is -2.20. The number of halogens is 1. The summed E-state index contributed by atoms with van der Waals surface area (Å²) < 4.78 is 10.8. The molecule has 3 aromatic carbocycles. The smallest absolute Gasteiger partial charge is 0.339 e. The number of Topliss-reactive ketones (excluding diaryl/α,β-unsaturated/α-hetero) is 1. The van der Waals surface area contributed by atoms with Crippen molar-refractivity contribution >= 4 is 33.4 Å². The molecule has 0 saturated carbocycles. The highest BCUT2D eigenvalue weighted by atomic mass is 79.9. The van der Waals surface area contributed by atoms with E-state index in [0.29, 0.717) is 16.9 Å². The molecule has 0 heterocycles. The van der Waals surface area contributed by atoms with E-state index in [-0.39, 0.29) is 15.7 Å². The standard InChI is InChI=1S/C22H16BrNO6/c1-29-17-10-7-14(8-11-17)20(25)21(15-5-3-2-4-6-15)30-22(26)16-9-12-18(23)19(13-16)24(27)28/h2-13,21H,1H3/t21-/m1/s1. The minimum atomic E-state index is -1.21. The van der Waals surface area contributed by atoms with Gasteiger partial charge in [0.2, 0.25) is 5.78 Å². The number of nitro benzene ring substituents is 1. The number of ketones is 1. The third-order valence-corrected chi connectivity index (χ3v) is 4.99. The molecule has 0 amide bonds. The number of nitro groups is 1. The first kappa shape index (κ1) is 21.2. The Hall–Kier alpha value is -3.52. The summed E-state index contributed by atoms with van der Waals surface area (Å²) >= 11 is 3.08. The van der Waals surface area contributed by atoms with Crippen molar-refractivity contribution in [3.8, 4) is 5.75 Å². The van der Waals surface area contributed by atoms with Crippen molar-refractivity contribution in [1.29, 1.82) is 0 Å². The normalized spacial score (nSPS) is 11.4. The first-order chi connectivity index (χ1) is 14.4. The van der Waals surface area contributed by atoms with E-state index >= 15 is 0 Å². The highest BCUT2D eigenvalue weighted by Crippen LogP contribution is 2.28. The molecular formula is C22H16BrNO6. The predicted octanol–water partition coefficient (Wildman–Crippen LogP) is 5.15. The molecule has 0 radical (unpaired) electrons. The Bertz CT molecular complexity index is 1080. The van der Waals surface area contributed by atoms with Crippen LogP contribution in [0.4, 0.5) is 5.69 Å². The number of carbonyl (C=O) groups excluding carboxylic acids is 2. The summed E-state index contributed by atoms with van der Waals surface area (Å²) in [4.78, 5) is 36.4. The molecule has 3 aromatic rings. The predicted molar refractivity (Wildman–Crippen MR) is 113 cm³/mol. The number of esters is 1. The summed E-state index contributed by atoms with van der Waals surface area (Å²) in [7, 11) is 1.52. The highest BCUT2D eigenvalue weighted by molar-refractivity contribution is 9.10. The van der Waals surface area contributed by atoms with E-state index in [4.69, 9.17) is 9.47 Å². The van der Waals surface area contributed by atoms with Crippen LogP contribution in [0.1, 0.15) is 32.4 Å². The summed E-state index contributed by atoms with van der Waals surface area (Å²) in [5.41, 5.74) is 0.507. The van der Waals surface area contributed by atoms with E-state index in [1.165, 1.54) is 19.2 Å². The van der Waals surface area contributed by atoms with Crippen LogP contribution in [0.3, 0.4) is 0 Å². The van der Waals surface area contributed by atoms with Gasteiger partial charge in [-0.3, -0.25) is 14.9 Å². The fraction of sp³-hybridized carbons (Fsp3) is 0.0909. The van der Waals surface area contributed by atoms with Gasteiger partial charge in [0.05, 0.1) is 22.1 Å². The monoisotopic (exact) mass is 469 g/mol. The molecule has 0 fully saturated rings. The van der Waals surface area contributed by atoms with E-state index in [2.05, 4.69) is 15.9 Å². The minimum Gasteiger partial charge on any atom is -0.497 e. The first-order valence-corrected chi connectivity index (χ1v) is 9.58. The summed E-state index contributed by atoms with van der Waals surface area (Å²) in [6, 6.07) is 18.9. The Labute approximate surface area is 180 Å². The Balaban J connectivity index is 1.93. The second kappa shape index (κ2) is 9.32. The maximum absolute atomic E-state index is 13.1. The van der Waals surface area contributed by atoms with Crippen LogP contribution in [0.25, 0.3) is 0 Å². The molecular weight excluding hydrogens is 454 g/mol. The van der Waals surface area contributed by atoms with Gasteiger partial charge >= 0.3 is 5.97 Å². The van der Waals surface area contributed by atoms with Gasteiger partial charge in [0, 0.05) is 17.2 Å². The molecule has 0 aromatic heterocycles. The molecule has 0 spiro atoms. The number of hydrogen-bond donors (Lipinski definition) is 0. The number of hydrogen-bond acceptors (Lipinski definition) is 6. The van der Waals surface area contributed by atoms with Gasteiger partial charge in [-0.15, -0.1) is 0 Å². The molecule has 152 valence electrons. The molecule has 3 rings (SSSR count). The van der Waals surface area contributed by atoms with Crippen molar-refractivity contribution in [1.82, 2.24) is 0 Å². The fourth-order valence-electron chi connectivity index (χ4n) is 2.76. The van der Waals surface area contributed by atoms with E-state index < -0.39 is 22.8 Å². The van der Waals surface area contributed by atoms with Crippen LogP contribution in [-0.4, -0.2) is 23.8 Å². The number of methoxy groups -OCH3 is 1. The van der Waals surface area contributed by atoms with Gasteiger partial charge in [-0.1, -0.05) is 30.3 Å². The van der Waals surface area contributed by atoms with Gasteiger partial charge in [0.1, 0.15) is 5.75 Å². The van der Waals surface area contributed by atoms with Crippen LogP contribution in [0.5, 0.6) is 5.75 Å². The molecule has 0 saturated heterocycles. The van der Waals surface area contributed by atoms with Crippen LogP contribution in [-0.2, 0) is 4.74 Å². The van der Waals surface area contributed by atoms with Crippen molar-refractivity contribution in [2.24, 2.45) is 0 Å². The second-order valence-corrected chi connectivity index (χ2v) is 7.07. The highest BCUT2D eigenvalue weighted by Gasteiger charge is 2.27.